The van der Waals surface area contributed by atoms with Crippen LogP contribution in [0.4, 0.5) is 0 Å². The van der Waals surface area contributed by atoms with Crippen LogP contribution in [0.2, 0.25) is 0 Å². The van der Waals surface area contributed by atoms with Gasteiger partial charge in [0, 0.05) is 50.8 Å². The van der Waals surface area contributed by atoms with Gasteiger partial charge < -0.3 is 34.4 Å². The minimum Gasteiger partial charge on any atom is -0.458 e. The lowest BCUT2D eigenvalue weighted by atomic mass is 9.62. The number of ether oxygens (including phenoxy) is 3. The Bertz CT molecular complexity index is 1900. The predicted molar refractivity (Wildman–Crippen MR) is 194 cm³/mol. The number of rotatable bonds is 10. The molecule has 7 atom stereocenters. The van der Waals surface area contributed by atoms with Gasteiger partial charge >= 0.3 is 5.97 Å². The maximum atomic E-state index is 15.3. The van der Waals surface area contributed by atoms with E-state index in [-0.39, 0.29) is 43.8 Å². The number of fused-ring (bicyclic) bond motifs is 4. The maximum absolute atomic E-state index is 15.3. The molecule has 1 saturated carbocycles. The Hall–Kier alpha value is -4.92. The number of carbonyl (C=O) groups is 4. The van der Waals surface area contributed by atoms with E-state index in [4.69, 9.17) is 19.0 Å². The second-order valence-electron chi connectivity index (χ2n) is 14.7. The molecule has 0 spiro atoms. The van der Waals surface area contributed by atoms with E-state index in [9.17, 15) is 19.5 Å². The molecule has 54 heavy (non-hydrogen) atoms. The van der Waals surface area contributed by atoms with Crippen LogP contribution in [-0.4, -0.2) is 114 Å². The Kier molecular flexibility index (Phi) is 9.61. The lowest BCUT2D eigenvalue weighted by Crippen LogP contribution is -2.70. The summed E-state index contributed by atoms with van der Waals surface area (Å²) < 4.78 is 20.3. The van der Waals surface area contributed by atoms with Gasteiger partial charge in [-0.3, -0.25) is 24.0 Å². The molecule has 2 N–H and O–H groups in total. The van der Waals surface area contributed by atoms with Gasteiger partial charge in [-0.1, -0.05) is 84.9 Å². The van der Waals surface area contributed by atoms with Crippen LogP contribution in [0.5, 0.6) is 0 Å². The van der Waals surface area contributed by atoms with Gasteiger partial charge in [-0.25, -0.2) is 0 Å². The second-order valence-corrected chi connectivity index (χ2v) is 14.7. The number of amides is 3. The Balaban J connectivity index is 1.20. The second kappa shape index (κ2) is 14.4. The molecule has 282 valence electrons. The molecule has 4 heterocycles. The average molecular weight is 737 g/mol. The maximum Gasteiger partial charge on any atom is 0.327 e. The van der Waals surface area contributed by atoms with Crippen molar-refractivity contribution in [3.05, 3.63) is 113 Å². The zero-order chi connectivity index (χ0) is 37.6. The van der Waals surface area contributed by atoms with E-state index < -0.39 is 53.7 Å². The molecule has 13 heteroatoms. The van der Waals surface area contributed by atoms with E-state index in [0.29, 0.717) is 19.4 Å². The number of aliphatic hydroxyl groups excluding tert-OH is 1. The Morgan fingerprint density at radius 2 is 1.67 bits per heavy atom. The van der Waals surface area contributed by atoms with Gasteiger partial charge in [0.15, 0.2) is 6.04 Å². The molecule has 2 bridgehead atoms. The van der Waals surface area contributed by atoms with Crippen molar-refractivity contribution in [1.29, 1.82) is 0 Å². The van der Waals surface area contributed by atoms with Crippen molar-refractivity contribution in [2.24, 2.45) is 5.41 Å². The minimum atomic E-state index is -1.48. The molecule has 0 aromatic heterocycles. The third-order valence-electron chi connectivity index (χ3n) is 11.2. The molecule has 3 amide bonds. The van der Waals surface area contributed by atoms with E-state index in [1.165, 1.54) is 16.0 Å². The van der Waals surface area contributed by atoms with Crippen LogP contribution in [0.3, 0.4) is 0 Å². The van der Waals surface area contributed by atoms with Crippen molar-refractivity contribution >= 4 is 29.8 Å². The number of carbonyl (C=O) groups excluding carboxylic acids is 4. The average Bonchev–Trinajstić information content (AvgIpc) is 3.93. The van der Waals surface area contributed by atoms with Crippen molar-refractivity contribution < 1.29 is 43.3 Å². The number of benzene rings is 3. The Morgan fingerprint density at radius 3 is 2.35 bits per heavy atom. The molecular weight excluding hydrogens is 692 g/mol. The van der Waals surface area contributed by atoms with Gasteiger partial charge in [-0.15, -0.1) is 0 Å². The monoisotopic (exact) mass is 736 g/mol. The fraction of sp³-hybridized carbons (Fsp3) is 0.415. The van der Waals surface area contributed by atoms with Gasteiger partial charge in [0.25, 0.3) is 0 Å². The normalized spacial score (nSPS) is 29.5. The first kappa shape index (κ1) is 36.1. The molecule has 13 nitrogen and oxygen atoms in total. The number of nitrogens with one attached hydrogen (secondary N) is 1. The highest BCUT2D eigenvalue weighted by Gasteiger charge is 2.77. The summed E-state index contributed by atoms with van der Waals surface area (Å²) in [6.45, 7) is 0.262. The molecule has 5 fully saturated rings. The van der Waals surface area contributed by atoms with E-state index in [2.05, 4.69) is 5.32 Å². The molecule has 0 radical (unpaired) electrons. The first-order valence-electron chi connectivity index (χ1n) is 18.4. The lowest BCUT2D eigenvalue weighted by Gasteiger charge is -2.50. The number of likely N-dealkylation sites (N-methyl/N-ethyl adjacent to an activating group) is 1. The van der Waals surface area contributed by atoms with Crippen LogP contribution in [0.1, 0.15) is 41.5 Å². The smallest absolute Gasteiger partial charge is 0.327 e. The third-order valence-corrected chi connectivity index (χ3v) is 11.2. The predicted octanol–water partition coefficient (Wildman–Crippen LogP) is 2.37. The van der Waals surface area contributed by atoms with E-state index in [1.54, 1.807) is 25.1 Å². The third kappa shape index (κ3) is 6.00. The molecule has 0 unspecified atom stereocenters. The summed E-state index contributed by atoms with van der Waals surface area (Å²) in [7, 11) is 3.36. The first-order valence-corrected chi connectivity index (χ1v) is 18.4. The number of hydrogen-bond donors (Lipinski definition) is 2. The summed E-state index contributed by atoms with van der Waals surface area (Å²) in [5.41, 5.74) is 1.53. The molecule has 4 saturated heterocycles. The zero-order valence-corrected chi connectivity index (χ0v) is 30.2. The minimum absolute atomic E-state index is 0.0621. The molecule has 4 aliphatic heterocycles. The van der Waals surface area contributed by atoms with Gasteiger partial charge in [0.2, 0.25) is 23.5 Å². The van der Waals surface area contributed by atoms with Crippen molar-refractivity contribution in [2.75, 3.05) is 33.8 Å². The van der Waals surface area contributed by atoms with Crippen LogP contribution < -0.4 is 5.32 Å². The summed E-state index contributed by atoms with van der Waals surface area (Å²) >= 11 is 0. The number of esters is 1. The van der Waals surface area contributed by atoms with Gasteiger partial charge in [-0.05, 0) is 30.0 Å². The van der Waals surface area contributed by atoms with Crippen LogP contribution in [-0.2, 0) is 50.6 Å². The molecule has 1 aliphatic carbocycles. The number of hydrogen-bond acceptors (Lipinski definition) is 10. The summed E-state index contributed by atoms with van der Waals surface area (Å²) in [5.74, 6) is -2.91. The summed E-state index contributed by atoms with van der Waals surface area (Å²) in [5, 5.41) is 13.6. The standard InChI is InChI=1S/C41H44N4O9/c1-43(2)32(47)19-18-26-11-9-12-27(23-26)25-45-35-38(49)51-31-24-40(35,39(50)44-21-10-17-30(44)37(48)42-20-22-46)36(54-45)34-33(31)52-41(53-34,28-13-5-3-6-14-28)29-15-7-4-8-16-29/h3-9,11-16,18-19,23,30-31,33-36,46H,10,17,20-22,24-25H2,1-2H3,(H,42,48)/t30-,31+,33+,34+,35+,36-,40+/m1/s1. The van der Waals surface area contributed by atoms with Crippen molar-refractivity contribution in [3.63, 3.8) is 0 Å². The molecule has 8 rings (SSSR count). The van der Waals surface area contributed by atoms with Gasteiger partial charge in [-0.2, -0.15) is 5.06 Å². The Morgan fingerprint density at radius 1 is 0.963 bits per heavy atom. The van der Waals surface area contributed by atoms with Crippen molar-refractivity contribution in [1.82, 2.24) is 20.2 Å². The van der Waals surface area contributed by atoms with E-state index in [0.717, 1.165) is 22.3 Å². The highest BCUT2D eigenvalue weighted by molar-refractivity contribution is 5.96. The van der Waals surface area contributed by atoms with Crippen molar-refractivity contribution in [2.45, 2.75) is 68.1 Å². The summed E-state index contributed by atoms with van der Waals surface area (Å²) in [4.78, 5) is 65.2. The largest absolute Gasteiger partial charge is 0.458 e. The summed E-state index contributed by atoms with van der Waals surface area (Å²) in [6.07, 6.45) is 0.876. The lowest BCUT2D eigenvalue weighted by molar-refractivity contribution is -0.214. The van der Waals surface area contributed by atoms with Crippen LogP contribution >= 0.6 is 0 Å². The fourth-order valence-corrected chi connectivity index (χ4v) is 8.81. The zero-order valence-electron chi connectivity index (χ0n) is 30.2. The number of aliphatic hydroxyl groups is 1. The van der Waals surface area contributed by atoms with Gasteiger partial charge in [0.05, 0.1) is 13.2 Å². The Labute approximate surface area is 313 Å². The summed E-state index contributed by atoms with van der Waals surface area (Å²) in [6, 6.07) is 24.7. The molecule has 3 aromatic carbocycles. The molecule has 5 aliphatic rings. The van der Waals surface area contributed by atoms with E-state index in [1.807, 2.05) is 84.9 Å². The fourth-order valence-electron chi connectivity index (χ4n) is 8.81. The number of nitrogens with zero attached hydrogens (tertiary/aromatic N) is 3. The van der Waals surface area contributed by atoms with Crippen LogP contribution in [0, 0.1) is 5.41 Å². The molecular formula is C41H44N4O9. The SMILES string of the molecule is CN(C)C(=O)C=Cc1cccc(CN2O[C@@H]3[C@H]4OC(c5ccccc5)(c5ccccc5)O[C@H]4[C@@H]4C[C@]3(C(=O)N3CCC[C@@H]3C(=O)NCCO)[C@@H]2C(=O)O4)c1. The number of likely N-dealkylation sites (tertiary alicyclic amines) is 1. The topological polar surface area (TPSA) is 147 Å². The van der Waals surface area contributed by atoms with Crippen LogP contribution in [0.15, 0.2) is 91.0 Å². The molecule has 3 aromatic rings. The van der Waals surface area contributed by atoms with Gasteiger partial charge in [0.1, 0.15) is 35.9 Å². The van der Waals surface area contributed by atoms with Crippen LogP contribution in [0.25, 0.3) is 6.08 Å². The van der Waals surface area contributed by atoms with Crippen molar-refractivity contribution in [3.8, 4) is 0 Å². The van der Waals surface area contributed by atoms with E-state index >= 15 is 4.79 Å². The first-order chi connectivity index (χ1) is 26.2. The highest BCUT2D eigenvalue weighted by atomic mass is 16.8. The quantitative estimate of drug-likeness (QED) is 0.235. The highest BCUT2D eigenvalue weighted by Crippen LogP contribution is 2.60. The number of hydroxylamine groups is 2.